The van der Waals surface area contributed by atoms with Gasteiger partial charge in [-0.1, -0.05) is 206 Å². The predicted molar refractivity (Wildman–Crippen MR) is 327 cm³/mol. The normalized spacial score (nSPS) is 15.0. The highest BCUT2D eigenvalue weighted by molar-refractivity contribution is 6.31. The van der Waals surface area contributed by atoms with Gasteiger partial charge in [0.2, 0.25) is 0 Å². The Labute approximate surface area is 465 Å². The number of hydrogen-bond acceptors (Lipinski definition) is 4. The van der Waals surface area contributed by atoms with Gasteiger partial charge in [-0.2, -0.15) is 0 Å². The van der Waals surface area contributed by atoms with Gasteiger partial charge in [0.1, 0.15) is 5.82 Å². The Morgan fingerprint density at radius 1 is 0.410 bits per heavy atom. The van der Waals surface area contributed by atoms with Crippen LogP contribution >= 0.6 is 11.6 Å². The first-order valence-corrected chi connectivity index (χ1v) is 27.6. The number of hydrogen-bond donors (Lipinski definition) is 0. The van der Waals surface area contributed by atoms with Crippen molar-refractivity contribution in [3.63, 3.8) is 0 Å². The average molecular weight is 1030 g/mol. The van der Waals surface area contributed by atoms with Crippen LogP contribution in [0.5, 0.6) is 0 Å². The van der Waals surface area contributed by atoms with Gasteiger partial charge in [-0.25, -0.2) is 4.98 Å². The van der Waals surface area contributed by atoms with Gasteiger partial charge in [0, 0.05) is 62.0 Å². The highest BCUT2D eigenvalue weighted by Crippen LogP contribution is 2.63. The minimum absolute atomic E-state index is 0.204. The minimum Gasteiger partial charge on any atom is -0.310 e. The van der Waals surface area contributed by atoms with E-state index >= 15 is 0 Å². The fraction of sp³-hybridized carbons (Fsp3) is 0.110. The number of aryl methyl sites for hydroxylation is 1. The van der Waals surface area contributed by atoms with Gasteiger partial charge in [0.05, 0.1) is 5.69 Å². The molecule has 11 aromatic rings. The maximum atomic E-state index is 7.23. The van der Waals surface area contributed by atoms with Crippen LogP contribution in [0.3, 0.4) is 0 Å². The summed E-state index contributed by atoms with van der Waals surface area (Å²) < 4.78 is 0. The van der Waals surface area contributed by atoms with Crippen molar-refractivity contribution >= 4 is 62.9 Å². The van der Waals surface area contributed by atoms with Gasteiger partial charge in [-0.3, -0.25) is 4.90 Å². The van der Waals surface area contributed by atoms with Crippen LogP contribution in [0.15, 0.2) is 297 Å². The molecule has 12 rings (SSSR count). The van der Waals surface area contributed by atoms with E-state index in [1.165, 1.54) is 27.8 Å². The second-order valence-corrected chi connectivity index (χ2v) is 21.0. The molecule has 1 fully saturated rings. The second kappa shape index (κ2) is 23.1. The van der Waals surface area contributed by atoms with Crippen molar-refractivity contribution < 1.29 is 0 Å². The highest BCUT2D eigenvalue weighted by Gasteiger charge is 2.56. The number of pyridine rings is 1. The van der Waals surface area contributed by atoms with Crippen LogP contribution in [-0.2, 0) is 24.7 Å². The van der Waals surface area contributed by atoms with Crippen LogP contribution in [0, 0.1) is 0 Å². The lowest BCUT2D eigenvalue weighted by molar-refractivity contribution is 0.615. The Kier molecular flexibility index (Phi) is 14.8. The molecule has 0 spiro atoms. The molecule has 1 aliphatic carbocycles. The van der Waals surface area contributed by atoms with Crippen LogP contribution in [-0.4, -0.2) is 4.98 Å². The first kappa shape index (κ1) is 49.9. The number of halogens is 1. The molecule has 78 heavy (non-hydrogen) atoms. The van der Waals surface area contributed by atoms with E-state index in [-0.39, 0.29) is 11.3 Å². The van der Waals surface area contributed by atoms with Gasteiger partial charge >= 0.3 is 0 Å². The standard InChI is InChI=1S/C73H61ClN4/c74-61-47-59(48-69(50-61)76(63-33-15-4-16-34-63)64-35-17-5-18-36-64)71-54-73(71,53-56-28-11-2-12-29-56)60-32-25-43-68(49-60)78(67-41-23-8-24-42-67)72-52-70(77(65-37-19-6-20-38-65)66-39-21-7-22-40-66)51-62(75-72)45-44-58(57-30-13-3-14-31-57)46-55-26-9-1-10-27-55/h1-43,47-52,58,71H,44-46,53-54H2. The summed E-state index contributed by atoms with van der Waals surface area (Å²) >= 11 is 7.23. The lowest BCUT2D eigenvalue weighted by Gasteiger charge is -2.30. The van der Waals surface area contributed by atoms with Gasteiger partial charge in [-0.15, -0.1) is 0 Å². The zero-order valence-corrected chi connectivity index (χ0v) is 44.4. The van der Waals surface area contributed by atoms with Crippen LogP contribution in [0.1, 0.15) is 58.2 Å². The molecule has 5 heteroatoms. The molecule has 0 radical (unpaired) electrons. The SMILES string of the molecule is Clc1cc(C2CC2(Cc2ccccc2)c2cccc(N(c3ccccc3)c3cc(N(c4ccccc4)c4ccccc4)cc(CCC(Cc4ccccc4)c4ccccc4)n3)c2)cc(N(c2ccccc2)c2ccccc2)c1. The predicted octanol–water partition coefficient (Wildman–Crippen LogP) is 19.8. The van der Waals surface area contributed by atoms with Crippen molar-refractivity contribution in [1.29, 1.82) is 0 Å². The second-order valence-electron chi connectivity index (χ2n) is 20.6. The minimum atomic E-state index is -0.213. The van der Waals surface area contributed by atoms with E-state index < -0.39 is 0 Å². The number of rotatable bonds is 19. The van der Waals surface area contributed by atoms with Gasteiger partial charge in [-0.05, 0) is 169 Å². The van der Waals surface area contributed by atoms with E-state index in [1.807, 2.05) is 0 Å². The van der Waals surface area contributed by atoms with Crippen LogP contribution in [0.25, 0.3) is 0 Å². The summed E-state index contributed by atoms with van der Waals surface area (Å²) in [5.74, 6) is 1.36. The Hall–Kier alpha value is -8.96. The monoisotopic (exact) mass is 1030 g/mol. The largest absolute Gasteiger partial charge is 0.310 e. The molecule has 1 heterocycles. The quantitative estimate of drug-likeness (QED) is 0.0805. The molecule has 0 amide bonds. The van der Waals surface area contributed by atoms with E-state index in [9.17, 15) is 0 Å². The molecule has 3 unspecified atom stereocenters. The molecule has 0 aliphatic heterocycles. The summed E-state index contributed by atoms with van der Waals surface area (Å²) in [5.41, 5.74) is 15.8. The fourth-order valence-electron chi connectivity index (χ4n) is 11.7. The summed E-state index contributed by atoms with van der Waals surface area (Å²) in [6.07, 6.45) is 4.50. The van der Waals surface area contributed by atoms with Crippen LogP contribution in [0.2, 0.25) is 5.02 Å². The lowest BCUT2D eigenvalue weighted by Crippen LogP contribution is -2.18. The fourth-order valence-corrected chi connectivity index (χ4v) is 11.9. The third-order valence-corrected chi connectivity index (χ3v) is 15.7. The molecule has 4 nitrogen and oxygen atoms in total. The number of benzene rings is 10. The maximum absolute atomic E-state index is 7.23. The van der Waals surface area contributed by atoms with Crippen molar-refractivity contribution in [2.24, 2.45) is 0 Å². The third-order valence-electron chi connectivity index (χ3n) is 15.4. The Balaban J connectivity index is 0.982. The van der Waals surface area contributed by atoms with E-state index in [1.54, 1.807) is 0 Å². The summed E-state index contributed by atoms with van der Waals surface area (Å²) in [4.78, 5) is 12.8. The number of nitrogens with zero attached hydrogens (tertiary/aromatic N) is 4. The summed E-state index contributed by atoms with van der Waals surface area (Å²) in [7, 11) is 0. The Morgan fingerprint density at radius 2 is 0.859 bits per heavy atom. The topological polar surface area (TPSA) is 22.6 Å². The molecule has 1 saturated carbocycles. The molecule has 1 aliphatic rings. The molecular weight excluding hydrogens is 968 g/mol. The van der Waals surface area contributed by atoms with Gasteiger partial charge in [0.15, 0.2) is 0 Å². The van der Waals surface area contributed by atoms with Crippen molar-refractivity contribution in [2.45, 2.75) is 49.4 Å². The van der Waals surface area contributed by atoms with Crippen molar-refractivity contribution in [2.75, 3.05) is 14.7 Å². The highest BCUT2D eigenvalue weighted by atomic mass is 35.5. The molecule has 0 bridgehead atoms. The summed E-state index contributed by atoms with van der Waals surface area (Å²) in [6.45, 7) is 0. The Morgan fingerprint density at radius 3 is 1.38 bits per heavy atom. The lowest BCUT2D eigenvalue weighted by atomic mass is 9.84. The van der Waals surface area contributed by atoms with Gasteiger partial charge in [0.25, 0.3) is 0 Å². The van der Waals surface area contributed by atoms with Crippen molar-refractivity contribution in [3.8, 4) is 0 Å². The van der Waals surface area contributed by atoms with Crippen molar-refractivity contribution in [3.05, 3.63) is 336 Å². The molecule has 3 atom stereocenters. The van der Waals surface area contributed by atoms with E-state index in [0.29, 0.717) is 5.92 Å². The number of anilines is 9. The third kappa shape index (κ3) is 11.1. The smallest absolute Gasteiger partial charge is 0.139 e. The Bertz CT molecular complexity index is 3600. The molecule has 1 aromatic heterocycles. The van der Waals surface area contributed by atoms with Crippen molar-refractivity contribution in [1.82, 2.24) is 4.98 Å². The summed E-state index contributed by atoms with van der Waals surface area (Å²) in [5, 5.41) is 0.723. The number of aromatic nitrogens is 1. The van der Waals surface area contributed by atoms with Crippen LogP contribution < -0.4 is 14.7 Å². The molecule has 10 aromatic carbocycles. The zero-order chi connectivity index (χ0) is 52.5. The molecule has 380 valence electrons. The molecule has 0 saturated heterocycles. The van der Waals surface area contributed by atoms with E-state index in [0.717, 1.165) is 94.1 Å². The van der Waals surface area contributed by atoms with E-state index in [2.05, 4.69) is 312 Å². The first-order valence-electron chi connectivity index (χ1n) is 27.3. The number of para-hydroxylation sites is 5. The van der Waals surface area contributed by atoms with Crippen LogP contribution in [0.4, 0.5) is 51.3 Å². The molecular formula is C73H61ClN4. The van der Waals surface area contributed by atoms with Gasteiger partial charge < -0.3 is 9.80 Å². The molecule has 0 N–H and O–H groups in total. The maximum Gasteiger partial charge on any atom is 0.139 e. The average Bonchev–Trinajstić information content (AvgIpc) is 4.42. The first-order chi connectivity index (χ1) is 38.5. The zero-order valence-electron chi connectivity index (χ0n) is 43.6. The van der Waals surface area contributed by atoms with E-state index in [4.69, 9.17) is 16.6 Å². The summed E-state index contributed by atoms with van der Waals surface area (Å²) in [6, 6.07) is 107.